The average Bonchev–Trinajstić information content (AvgIpc) is 2.77. The first-order valence-corrected chi connectivity index (χ1v) is 8.00. The van der Waals surface area contributed by atoms with Crippen LogP contribution in [0.4, 0.5) is 10.5 Å². The van der Waals surface area contributed by atoms with E-state index in [4.69, 9.17) is 4.74 Å². The molecular weight excluding hydrogens is 310 g/mol. The minimum absolute atomic E-state index is 0.0757. The van der Waals surface area contributed by atoms with Gasteiger partial charge in [0.25, 0.3) is 5.69 Å². The molecule has 1 aliphatic rings. The third-order valence-electron chi connectivity index (χ3n) is 4.42. The van der Waals surface area contributed by atoms with Crippen molar-refractivity contribution in [3.8, 4) is 0 Å². The maximum absolute atomic E-state index is 12.0. The molecule has 126 valence electrons. The minimum atomic E-state index is -0.370. The lowest BCUT2D eigenvalue weighted by atomic mass is 9.97. The number of fused-ring (bicyclic) bond motifs is 2. The molecule has 0 spiro atoms. The van der Waals surface area contributed by atoms with Gasteiger partial charge in [-0.15, -0.1) is 0 Å². The number of carbonyl (C=O) groups is 1. The number of ether oxygens (including phenoxy) is 1. The van der Waals surface area contributed by atoms with Gasteiger partial charge in [-0.3, -0.25) is 15.1 Å². The fourth-order valence-electron chi connectivity index (χ4n) is 3.27. The third-order valence-corrected chi connectivity index (χ3v) is 4.42. The molecule has 0 radical (unpaired) electrons. The first-order valence-electron chi connectivity index (χ1n) is 8.00. The summed E-state index contributed by atoms with van der Waals surface area (Å²) in [6.07, 6.45) is 0.918. The molecule has 1 aliphatic heterocycles. The number of hydrogen-bond donors (Lipinski definition) is 0. The van der Waals surface area contributed by atoms with Crippen LogP contribution in [-0.2, 0) is 17.6 Å². The van der Waals surface area contributed by atoms with Crippen LogP contribution < -0.4 is 0 Å². The van der Waals surface area contributed by atoms with E-state index < -0.39 is 0 Å². The molecular formula is C17H19N3O4. The number of carbonyl (C=O) groups excluding carboxylic acids is 1. The number of hydrogen-bond acceptors (Lipinski definition) is 5. The van der Waals surface area contributed by atoms with Gasteiger partial charge in [-0.1, -0.05) is 6.07 Å². The van der Waals surface area contributed by atoms with E-state index in [0.717, 1.165) is 16.8 Å². The van der Waals surface area contributed by atoms with Gasteiger partial charge < -0.3 is 9.64 Å². The molecule has 0 aliphatic carbocycles. The monoisotopic (exact) mass is 329 g/mol. The summed E-state index contributed by atoms with van der Waals surface area (Å²) in [6, 6.07) is 4.95. The molecule has 1 aromatic carbocycles. The van der Waals surface area contributed by atoms with Crippen LogP contribution >= 0.6 is 0 Å². The second-order valence-corrected chi connectivity index (χ2v) is 5.78. The Kier molecular flexibility index (Phi) is 4.33. The van der Waals surface area contributed by atoms with Crippen LogP contribution in [-0.4, -0.2) is 40.6 Å². The summed E-state index contributed by atoms with van der Waals surface area (Å²) in [5, 5.41) is 11.9. The molecule has 0 fully saturated rings. The van der Waals surface area contributed by atoms with E-state index in [1.807, 2.05) is 6.92 Å². The van der Waals surface area contributed by atoms with Crippen molar-refractivity contribution in [3.63, 3.8) is 0 Å². The Balaban J connectivity index is 2.04. The first kappa shape index (κ1) is 16.2. The Morgan fingerprint density at radius 1 is 1.38 bits per heavy atom. The van der Waals surface area contributed by atoms with E-state index in [1.54, 1.807) is 24.0 Å². The molecule has 7 heteroatoms. The van der Waals surface area contributed by atoms with Crippen LogP contribution in [0.3, 0.4) is 0 Å². The summed E-state index contributed by atoms with van der Waals surface area (Å²) < 4.78 is 5.07. The molecule has 24 heavy (non-hydrogen) atoms. The predicted molar refractivity (Wildman–Crippen MR) is 89.1 cm³/mol. The number of rotatable bonds is 2. The molecule has 1 amide bonds. The summed E-state index contributed by atoms with van der Waals surface area (Å²) in [7, 11) is 0. The van der Waals surface area contributed by atoms with E-state index >= 15 is 0 Å². The first-order chi connectivity index (χ1) is 11.5. The fourth-order valence-corrected chi connectivity index (χ4v) is 3.27. The molecule has 0 saturated carbocycles. The number of non-ortho nitro benzene ring substituents is 1. The van der Waals surface area contributed by atoms with Crippen LogP contribution in [0.1, 0.15) is 23.7 Å². The van der Waals surface area contributed by atoms with Crippen molar-refractivity contribution >= 4 is 22.7 Å². The van der Waals surface area contributed by atoms with E-state index in [1.165, 1.54) is 6.07 Å². The Bertz CT molecular complexity index is 819. The van der Waals surface area contributed by atoms with Crippen molar-refractivity contribution in [2.24, 2.45) is 0 Å². The van der Waals surface area contributed by atoms with Crippen molar-refractivity contribution in [1.82, 2.24) is 9.88 Å². The summed E-state index contributed by atoms with van der Waals surface area (Å²) in [4.78, 5) is 29.2. The van der Waals surface area contributed by atoms with Crippen molar-refractivity contribution in [3.05, 3.63) is 45.1 Å². The zero-order chi connectivity index (χ0) is 17.3. The van der Waals surface area contributed by atoms with Gasteiger partial charge in [0.2, 0.25) is 0 Å². The zero-order valence-corrected chi connectivity index (χ0v) is 13.7. The summed E-state index contributed by atoms with van der Waals surface area (Å²) in [5.74, 6) is 0. The lowest BCUT2D eigenvalue weighted by Crippen LogP contribution is -2.33. The minimum Gasteiger partial charge on any atom is -0.450 e. The number of amides is 1. The van der Waals surface area contributed by atoms with Crippen LogP contribution in [0.25, 0.3) is 10.9 Å². The smallest absolute Gasteiger partial charge is 0.409 e. The van der Waals surface area contributed by atoms with Gasteiger partial charge in [-0.25, -0.2) is 4.79 Å². The molecule has 0 unspecified atom stereocenters. The van der Waals surface area contributed by atoms with Gasteiger partial charge in [0.15, 0.2) is 0 Å². The summed E-state index contributed by atoms with van der Waals surface area (Å²) in [5.41, 5.74) is 3.50. The highest BCUT2D eigenvalue weighted by atomic mass is 16.6. The molecule has 0 saturated heterocycles. The highest BCUT2D eigenvalue weighted by Crippen LogP contribution is 2.32. The number of nitro benzene ring substituents is 1. The van der Waals surface area contributed by atoms with E-state index in [-0.39, 0.29) is 16.7 Å². The molecule has 0 bridgehead atoms. The van der Waals surface area contributed by atoms with Gasteiger partial charge >= 0.3 is 6.09 Å². The highest BCUT2D eigenvalue weighted by molar-refractivity contribution is 5.92. The van der Waals surface area contributed by atoms with Gasteiger partial charge in [0.1, 0.15) is 0 Å². The largest absolute Gasteiger partial charge is 0.450 e. The lowest BCUT2D eigenvalue weighted by Gasteiger charge is -2.18. The molecule has 0 N–H and O–H groups in total. The van der Waals surface area contributed by atoms with Crippen molar-refractivity contribution in [2.45, 2.75) is 26.7 Å². The number of nitro groups is 1. The number of aryl methyl sites for hydroxylation is 1. The summed E-state index contributed by atoms with van der Waals surface area (Å²) in [6.45, 7) is 5.09. The quantitative estimate of drug-likeness (QED) is 0.624. The molecule has 2 aromatic rings. The van der Waals surface area contributed by atoms with Crippen LogP contribution in [0, 0.1) is 17.0 Å². The SMILES string of the molecule is CCOC(=O)N1CCc2nc3cccc([N+](=O)[O-])c3c(C)c2CC1. The maximum atomic E-state index is 12.0. The standard InChI is InChI=1S/C17H19N3O4/c1-3-24-17(21)19-9-7-12-11(2)16-14(18-13(12)8-10-19)5-4-6-15(16)20(22)23/h4-6H,3,7-10H2,1-2H3. The second kappa shape index (κ2) is 6.43. The van der Waals surface area contributed by atoms with Crippen molar-refractivity contribution < 1.29 is 14.5 Å². The number of benzene rings is 1. The second-order valence-electron chi connectivity index (χ2n) is 5.78. The van der Waals surface area contributed by atoms with E-state index in [9.17, 15) is 14.9 Å². The topological polar surface area (TPSA) is 85.6 Å². The maximum Gasteiger partial charge on any atom is 0.409 e. The third kappa shape index (κ3) is 2.77. The van der Waals surface area contributed by atoms with Crippen LogP contribution in [0.15, 0.2) is 18.2 Å². The molecule has 0 atom stereocenters. The van der Waals surface area contributed by atoms with E-state index in [2.05, 4.69) is 4.98 Å². The highest BCUT2D eigenvalue weighted by Gasteiger charge is 2.24. The van der Waals surface area contributed by atoms with Crippen LogP contribution in [0.2, 0.25) is 0 Å². The van der Waals surface area contributed by atoms with Gasteiger partial charge in [-0.05, 0) is 37.5 Å². The predicted octanol–water partition coefficient (Wildman–Crippen LogP) is 3.01. The van der Waals surface area contributed by atoms with Gasteiger partial charge in [-0.2, -0.15) is 0 Å². The van der Waals surface area contributed by atoms with Gasteiger partial charge in [0, 0.05) is 31.3 Å². The number of nitrogens with zero attached hydrogens (tertiary/aromatic N) is 3. The molecule has 1 aromatic heterocycles. The molecule has 7 nitrogen and oxygen atoms in total. The Hall–Kier alpha value is -2.70. The molecule has 2 heterocycles. The number of aromatic nitrogens is 1. The Morgan fingerprint density at radius 3 is 2.83 bits per heavy atom. The zero-order valence-electron chi connectivity index (χ0n) is 13.7. The van der Waals surface area contributed by atoms with E-state index in [0.29, 0.717) is 43.4 Å². The van der Waals surface area contributed by atoms with Gasteiger partial charge in [0.05, 0.1) is 22.4 Å². The summed E-state index contributed by atoms with van der Waals surface area (Å²) >= 11 is 0. The Labute approximate surface area is 139 Å². The van der Waals surface area contributed by atoms with Crippen molar-refractivity contribution in [1.29, 1.82) is 0 Å². The van der Waals surface area contributed by atoms with Crippen LogP contribution in [0.5, 0.6) is 0 Å². The van der Waals surface area contributed by atoms with Crippen molar-refractivity contribution in [2.75, 3.05) is 19.7 Å². The molecule has 3 rings (SSSR count). The normalized spacial score (nSPS) is 14.2. The fraction of sp³-hybridized carbons (Fsp3) is 0.412. The lowest BCUT2D eigenvalue weighted by molar-refractivity contribution is -0.383. The average molecular weight is 329 g/mol. The Morgan fingerprint density at radius 2 is 2.12 bits per heavy atom. The number of pyridine rings is 1.